The van der Waals surface area contributed by atoms with Crippen LogP contribution in [0.2, 0.25) is 0 Å². The Kier molecular flexibility index (Phi) is 2.57. The third-order valence-corrected chi connectivity index (χ3v) is 3.20. The molecule has 1 aliphatic rings. The Labute approximate surface area is 100 Å². The molecule has 0 aliphatic carbocycles. The summed E-state index contributed by atoms with van der Waals surface area (Å²) in [7, 11) is 0. The van der Waals surface area contributed by atoms with Gasteiger partial charge in [-0.1, -0.05) is 18.2 Å². The number of para-hydroxylation sites is 1. The van der Waals surface area contributed by atoms with Gasteiger partial charge in [-0.2, -0.15) is 5.10 Å². The molecule has 0 unspecified atom stereocenters. The molecule has 1 aromatic heterocycles. The molecule has 4 nitrogen and oxygen atoms in total. The van der Waals surface area contributed by atoms with Crippen molar-refractivity contribution in [1.82, 2.24) is 15.1 Å². The summed E-state index contributed by atoms with van der Waals surface area (Å²) in [5, 5.41) is 7.99. The summed E-state index contributed by atoms with van der Waals surface area (Å²) in [6.45, 7) is 1.97. The van der Waals surface area contributed by atoms with Crippen molar-refractivity contribution >= 4 is 5.82 Å². The largest absolute Gasteiger partial charge is 0.383 e. The van der Waals surface area contributed by atoms with Gasteiger partial charge in [0.1, 0.15) is 5.82 Å². The number of benzene rings is 1. The molecule has 0 saturated heterocycles. The molecule has 3 rings (SSSR count). The van der Waals surface area contributed by atoms with Gasteiger partial charge in [0, 0.05) is 18.5 Å². The first-order chi connectivity index (χ1) is 8.36. The summed E-state index contributed by atoms with van der Waals surface area (Å²) in [4.78, 5) is 0. The van der Waals surface area contributed by atoms with Crippen molar-refractivity contribution in [2.75, 3.05) is 18.8 Å². The highest BCUT2D eigenvalue weighted by molar-refractivity contribution is 5.50. The maximum absolute atomic E-state index is 6.20. The van der Waals surface area contributed by atoms with E-state index < -0.39 is 0 Å². The highest BCUT2D eigenvalue weighted by Gasteiger charge is 2.17. The van der Waals surface area contributed by atoms with Gasteiger partial charge in [0.05, 0.1) is 11.4 Å². The number of rotatable bonds is 1. The Hall–Kier alpha value is -1.81. The zero-order chi connectivity index (χ0) is 11.7. The van der Waals surface area contributed by atoms with E-state index in [0.717, 1.165) is 43.1 Å². The van der Waals surface area contributed by atoms with Crippen LogP contribution < -0.4 is 11.1 Å². The van der Waals surface area contributed by atoms with Crippen LogP contribution in [0.1, 0.15) is 11.3 Å². The van der Waals surface area contributed by atoms with E-state index in [9.17, 15) is 0 Å². The monoisotopic (exact) mass is 228 g/mol. The van der Waals surface area contributed by atoms with E-state index in [1.54, 1.807) is 0 Å². The quantitative estimate of drug-likeness (QED) is 0.769. The fraction of sp³-hybridized carbons (Fsp3) is 0.308. The van der Waals surface area contributed by atoms with E-state index in [0.29, 0.717) is 0 Å². The van der Waals surface area contributed by atoms with Crippen molar-refractivity contribution in [2.24, 2.45) is 0 Å². The van der Waals surface area contributed by atoms with Crippen LogP contribution in [-0.4, -0.2) is 22.9 Å². The zero-order valence-corrected chi connectivity index (χ0v) is 9.69. The van der Waals surface area contributed by atoms with Crippen LogP contribution in [0, 0.1) is 0 Å². The molecule has 3 N–H and O–H groups in total. The molecule has 17 heavy (non-hydrogen) atoms. The molecule has 88 valence electrons. The predicted octanol–water partition coefficient (Wildman–Crippen LogP) is 1.14. The molecule has 0 bridgehead atoms. The number of nitrogens with zero attached hydrogens (tertiary/aromatic N) is 2. The Balaban J connectivity index is 2.08. The second-order valence-electron chi connectivity index (χ2n) is 4.31. The minimum absolute atomic E-state index is 0.787. The highest BCUT2D eigenvalue weighted by Crippen LogP contribution is 2.22. The first kappa shape index (κ1) is 10.4. The molecule has 4 heteroatoms. The zero-order valence-electron chi connectivity index (χ0n) is 9.69. The highest BCUT2D eigenvalue weighted by atomic mass is 15.3. The average molecular weight is 228 g/mol. The third kappa shape index (κ3) is 1.80. The molecular formula is C13H16N4. The molecule has 0 saturated carbocycles. The van der Waals surface area contributed by atoms with Gasteiger partial charge in [-0.15, -0.1) is 0 Å². The van der Waals surface area contributed by atoms with Gasteiger partial charge in [0.2, 0.25) is 0 Å². The Bertz CT molecular complexity index is 516. The average Bonchev–Trinajstić information content (AvgIpc) is 2.56. The molecule has 2 aromatic rings. The lowest BCUT2D eigenvalue weighted by molar-refractivity contribution is 0.697. The summed E-state index contributed by atoms with van der Waals surface area (Å²) in [6.07, 6.45) is 1.92. The number of nitrogens with two attached hydrogens (primary N) is 1. The first-order valence-corrected chi connectivity index (χ1v) is 5.98. The van der Waals surface area contributed by atoms with Gasteiger partial charge < -0.3 is 11.1 Å². The molecule has 0 spiro atoms. The summed E-state index contributed by atoms with van der Waals surface area (Å²) < 4.78 is 1.86. The van der Waals surface area contributed by atoms with Gasteiger partial charge in [0.15, 0.2) is 0 Å². The second kappa shape index (κ2) is 4.22. The van der Waals surface area contributed by atoms with Crippen molar-refractivity contribution in [3.05, 3.63) is 41.6 Å². The minimum Gasteiger partial charge on any atom is -0.383 e. The lowest BCUT2D eigenvalue weighted by Crippen LogP contribution is -2.17. The van der Waals surface area contributed by atoms with Crippen LogP contribution in [0.3, 0.4) is 0 Å². The minimum atomic E-state index is 0.787. The molecule has 0 fully saturated rings. The maximum atomic E-state index is 6.20. The van der Waals surface area contributed by atoms with Crippen LogP contribution in [-0.2, 0) is 12.8 Å². The van der Waals surface area contributed by atoms with Gasteiger partial charge >= 0.3 is 0 Å². The number of nitrogens with one attached hydrogen (secondary N) is 1. The summed E-state index contributed by atoms with van der Waals surface area (Å²) in [6, 6.07) is 10.1. The van der Waals surface area contributed by atoms with Gasteiger partial charge in [0.25, 0.3) is 0 Å². The topological polar surface area (TPSA) is 55.9 Å². The number of aromatic nitrogens is 2. The number of hydrogen-bond donors (Lipinski definition) is 2. The number of anilines is 1. The first-order valence-electron chi connectivity index (χ1n) is 5.98. The Morgan fingerprint density at radius 1 is 1.12 bits per heavy atom. The number of nitrogen functional groups attached to an aromatic ring is 1. The SMILES string of the molecule is Nc1c2c(nn1-c1ccccc1)CCNCC2. The summed E-state index contributed by atoms with van der Waals surface area (Å²) in [5.41, 5.74) is 9.57. The molecule has 0 atom stereocenters. The van der Waals surface area contributed by atoms with Gasteiger partial charge in [-0.25, -0.2) is 4.68 Å². The molecule has 2 heterocycles. The fourth-order valence-electron chi connectivity index (χ4n) is 2.30. The molecular weight excluding hydrogens is 212 g/mol. The standard InChI is InChI=1S/C13H16N4/c14-13-11-6-8-15-9-7-12(11)16-17(13)10-4-2-1-3-5-10/h1-5,15H,6-9,14H2. The summed E-state index contributed by atoms with van der Waals surface area (Å²) >= 11 is 0. The lowest BCUT2D eigenvalue weighted by Gasteiger charge is -2.04. The number of fused-ring (bicyclic) bond motifs is 1. The van der Waals surface area contributed by atoms with Crippen molar-refractivity contribution in [3.63, 3.8) is 0 Å². The van der Waals surface area contributed by atoms with E-state index in [1.807, 2.05) is 35.0 Å². The van der Waals surface area contributed by atoms with Gasteiger partial charge in [-0.05, 0) is 25.1 Å². The van der Waals surface area contributed by atoms with Crippen molar-refractivity contribution in [1.29, 1.82) is 0 Å². The fourth-order valence-corrected chi connectivity index (χ4v) is 2.30. The van der Waals surface area contributed by atoms with E-state index in [2.05, 4.69) is 10.4 Å². The van der Waals surface area contributed by atoms with Crippen molar-refractivity contribution in [2.45, 2.75) is 12.8 Å². The van der Waals surface area contributed by atoms with E-state index in [-0.39, 0.29) is 0 Å². The van der Waals surface area contributed by atoms with E-state index >= 15 is 0 Å². The molecule has 1 aliphatic heterocycles. The van der Waals surface area contributed by atoms with Gasteiger partial charge in [-0.3, -0.25) is 0 Å². The van der Waals surface area contributed by atoms with Crippen LogP contribution in [0.15, 0.2) is 30.3 Å². The van der Waals surface area contributed by atoms with Crippen molar-refractivity contribution < 1.29 is 0 Å². The van der Waals surface area contributed by atoms with Crippen LogP contribution in [0.5, 0.6) is 0 Å². The molecule has 1 aromatic carbocycles. The molecule has 0 amide bonds. The number of hydrogen-bond acceptors (Lipinski definition) is 3. The third-order valence-electron chi connectivity index (χ3n) is 3.20. The van der Waals surface area contributed by atoms with Crippen LogP contribution in [0.25, 0.3) is 5.69 Å². The van der Waals surface area contributed by atoms with E-state index in [4.69, 9.17) is 5.73 Å². The van der Waals surface area contributed by atoms with Crippen molar-refractivity contribution in [3.8, 4) is 5.69 Å². The smallest absolute Gasteiger partial charge is 0.130 e. The lowest BCUT2D eigenvalue weighted by atomic mass is 10.1. The summed E-state index contributed by atoms with van der Waals surface area (Å²) in [5.74, 6) is 0.787. The van der Waals surface area contributed by atoms with E-state index in [1.165, 1.54) is 5.56 Å². The predicted molar refractivity (Wildman–Crippen MR) is 68.3 cm³/mol. The normalized spacial score (nSPS) is 15.3. The second-order valence-corrected chi connectivity index (χ2v) is 4.31. The van der Waals surface area contributed by atoms with Crippen LogP contribution in [0.4, 0.5) is 5.82 Å². The molecule has 0 radical (unpaired) electrons. The Morgan fingerprint density at radius 2 is 1.88 bits per heavy atom. The van der Waals surface area contributed by atoms with Crippen LogP contribution >= 0.6 is 0 Å². The Morgan fingerprint density at radius 3 is 2.71 bits per heavy atom. The maximum Gasteiger partial charge on any atom is 0.130 e.